The number of rotatable bonds is 3. The summed E-state index contributed by atoms with van der Waals surface area (Å²) in [6, 6.07) is 1.08. The molecule has 7 heteroatoms. The van der Waals surface area contributed by atoms with E-state index in [0.29, 0.717) is 0 Å². The van der Waals surface area contributed by atoms with Gasteiger partial charge in [0.1, 0.15) is 5.69 Å². The summed E-state index contributed by atoms with van der Waals surface area (Å²) < 4.78 is 0. The number of carbonyl (C=O) groups excluding carboxylic acids is 3. The fraction of sp³-hybridized carbons (Fsp3) is 0. The maximum absolute atomic E-state index is 10.9. The van der Waals surface area contributed by atoms with Crippen LogP contribution < -0.4 is 17.2 Å². The number of hydrogen-bond donors (Lipinski definition) is 3. The molecule has 1 aromatic rings. The Morgan fingerprint density at radius 1 is 1.00 bits per heavy atom. The SMILES string of the molecule is NC(=O)c1cnc(C(N)=O)c(C(N)=O)c1. The number of nitrogens with zero attached hydrogens (tertiary/aromatic N) is 1. The minimum absolute atomic E-state index is 0.0196. The van der Waals surface area contributed by atoms with Crippen LogP contribution in [0.15, 0.2) is 12.3 Å². The number of amides is 3. The quantitative estimate of drug-likeness (QED) is 0.548. The van der Waals surface area contributed by atoms with E-state index in [4.69, 9.17) is 17.2 Å². The predicted molar refractivity (Wildman–Crippen MR) is 49.8 cm³/mol. The Bertz CT molecular complexity index is 455. The zero-order valence-electron chi connectivity index (χ0n) is 7.56. The Kier molecular flexibility index (Phi) is 2.65. The van der Waals surface area contributed by atoms with Crippen LogP contribution in [-0.4, -0.2) is 22.7 Å². The number of primary amides is 3. The fourth-order valence-electron chi connectivity index (χ4n) is 0.984. The van der Waals surface area contributed by atoms with Gasteiger partial charge in [-0.2, -0.15) is 0 Å². The summed E-state index contributed by atoms with van der Waals surface area (Å²) in [6.45, 7) is 0. The molecule has 0 bridgehead atoms. The van der Waals surface area contributed by atoms with Crippen LogP contribution in [0.4, 0.5) is 0 Å². The van der Waals surface area contributed by atoms with Crippen molar-refractivity contribution in [1.82, 2.24) is 4.98 Å². The summed E-state index contributed by atoms with van der Waals surface area (Å²) in [5, 5.41) is 0. The molecule has 3 amide bonds. The molecule has 0 aromatic carbocycles. The molecular formula is C8H8N4O3. The van der Waals surface area contributed by atoms with Crippen molar-refractivity contribution in [2.45, 2.75) is 0 Å². The lowest BCUT2D eigenvalue weighted by Gasteiger charge is -2.03. The molecule has 6 N–H and O–H groups in total. The van der Waals surface area contributed by atoms with Crippen LogP contribution in [0.5, 0.6) is 0 Å². The third kappa shape index (κ3) is 2.08. The number of pyridine rings is 1. The summed E-state index contributed by atoms with van der Waals surface area (Å²) in [6.07, 6.45) is 1.05. The third-order valence-electron chi connectivity index (χ3n) is 1.67. The predicted octanol–water partition coefficient (Wildman–Crippen LogP) is -1.62. The summed E-state index contributed by atoms with van der Waals surface area (Å²) >= 11 is 0. The maximum atomic E-state index is 10.9. The Labute approximate surface area is 84.3 Å². The molecule has 0 unspecified atom stereocenters. The van der Waals surface area contributed by atoms with Crippen molar-refractivity contribution < 1.29 is 14.4 Å². The van der Waals surface area contributed by atoms with Crippen molar-refractivity contribution >= 4 is 17.7 Å². The van der Waals surface area contributed by atoms with Gasteiger partial charge in [0.15, 0.2) is 0 Å². The zero-order chi connectivity index (χ0) is 11.6. The molecule has 1 rings (SSSR count). The van der Waals surface area contributed by atoms with Gasteiger partial charge in [0.05, 0.1) is 11.1 Å². The highest BCUT2D eigenvalue weighted by Gasteiger charge is 2.16. The highest BCUT2D eigenvalue weighted by atomic mass is 16.2. The topological polar surface area (TPSA) is 142 Å². The van der Waals surface area contributed by atoms with E-state index in [0.717, 1.165) is 12.3 Å². The van der Waals surface area contributed by atoms with Crippen molar-refractivity contribution in [2.75, 3.05) is 0 Å². The minimum atomic E-state index is -0.903. The molecule has 0 aliphatic heterocycles. The number of nitrogens with two attached hydrogens (primary N) is 3. The first-order valence-corrected chi connectivity index (χ1v) is 3.83. The van der Waals surface area contributed by atoms with Crippen molar-refractivity contribution in [3.63, 3.8) is 0 Å². The second kappa shape index (κ2) is 3.74. The Hall–Kier alpha value is -2.44. The van der Waals surface area contributed by atoms with Gasteiger partial charge in [-0.3, -0.25) is 14.4 Å². The lowest BCUT2D eigenvalue weighted by Crippen LogP contribution is -2.23. The zero-order valence-corrected chi connectivity index (χ0v) is 7.56. The van der Waals surface area contributed by atoms with Crippen molar-refractivity contribution in [1.29, 1.82) is 0 Å². The van der Waals surface area contributed by atoms with Gasteiger partial charge in [-0.15, -0.1) is 0 Å². The van der Waals surface area contributed by atoms with Gasteiger partial charge in [0, 0.05) is 6.20 Å². The first-order chi connectivity index (χ1) is 6.93. The van der Waals surface area contributed by atoms with E-state index in [2.05, 4.69) is 4.98 Å². The standard InChI is InChI=1S/C8H8N4O3/c9-6(13)3-1-4(7(10)14)5(8(11)15)12-2-3/h1-2H,(H2,9,13)(H2,10,14)(H2,11,15). The molecule has 78 valence electrons. The van der Waals surface area contributed by atoms with E-state index in [-0.39, 0.29) is 16.8 Å². The largest absolute Gasteiger partial charge is 0.366 e. The second-order valence-electron chi connectivity index (χ2n) is 2.71. The summed E-state index contributed by atoms with van der Waals surface area (Å²) in [7, 11) is 0. The molecule has 0 saturated carbocycles. The summed E-state index contributed by atoms with van der Waals surface area (Å²) in [5.41, 5.74) is 14.4. The first kappa shape index (κ1) is 10.6. The van der Waals surface area contributed by atoms with Gasteiger partial charge in [0.2, 0.25) is 5.91 Å². The van der Waals surface area contributed by atoms with Crippen LogP contribution in [0.25, 0.3) is 0 Å². The molecule has 7 nitrogen and oxygen atoms in total. The minimum Gasteiger partial charge on any atom is -0.366 e. The average Bonchev–Trinajstić information content (AvgIpc) is 2.16. The van der Waals surface area contributed by atoms with Crippen LogP contribution in [0.3, 0.4) is 0 Å². The fourth-order valence-corrected chi connectivity index (χ4v) is 0.984. The van der Waals surface area contributed by atoms with Gasteiger partial charge < -0.3 is 17.2 Å². The molecule has 1 heterocycles. The highest BCUT2D eigenvalue weighted by Crippen LogP contribution is 2.07. The summed E-state index contributed by atoms with van der Waals surface area (Å²) in [4.78, 5) is 36.1. The van der Waals surface area contributed by atoms with Gasteiger partial charge in [-0.05, 0) is 6.07 Å². The molecule has 0 fully saturated rings. The molecular weight excluding hydrogens is 200 g/mol. The monoisotopic (exact) mass is 208 g/mol. The van der Waals surface area contributed by atoms with Crippen molar-refractivity contribution in [3.05, 3.63) is 29.1 Å². The first-order valence-electron chi connectivity index (χ1n) is 3.83. The molecule has 0 aliphatic rings. The van der Waals surface area contributed by atoms with Gasteiger partial charge in [-0.25, -0.2) is 4.98 Å². The van der Waals surface area contributed by atoms with Crippen LogP contribution in [0, 0.1) is 0 Å². The van der Waals surface area contributed by atoms with E-state index >= 15 is 0 Å². The molecule has 1 aromatic heterocycles. The Morgan fingerprint density at radius 3 is 2.00 bits per heavy atom. The lowest BCUT2D eigenvalue weighted by molar-refractivity contribution is 0.0961. The molecule has 0 radical (unpaired) electrons. The van der Waals surface area contributed by atoms with Gasteiger partial charge in [-0.1, -0.05) is 0 Å². The number of carbonyl (C=O) groups is 3. The number of hydrogen-bond acceptors (Lipinski definition) is 4. The molecule has 0 atom stereocenters. The lowest BCUT2D eigenvalue weighted by atomic mass is 10.1. The van der Waals surface area contributed by atoms with E-state index < -0.39 is 17.7 Å². The van der Waals surface area contributed by atoms with Gasteiger partial charge >= 0.3 is 0 Å². The Morgan fingerprint density at radius 2 is 1.60 bits per heavy atom. The highest BCUT2D eigenvalue weighted by molar-refractivity contribution is 6.06. The molecule has 0 saturated heterocycles. The van der Waals surface area contributed by atoms with Crippen molar-refractivity contribution in [3.8, 4) is 0 Å². The average molecular weight is 208 g/mol. The van der Waals surface area contributed by atoms with Crippen molar-refractivity contribution in [2.24, 2.45) is 17.2 Å². The Balaban J connectivity index is 3.40. The summed E-state index contributed by atoms with van der Waals surface area (Å²) in [5.74, 6) is -2.58. The van der Waals surface area contributed by atoms with Gasteiger partial charge in [0.25, 0.3) is 11.8 Å². The second-order valence-corrected chi connectivity index (χ2v) is 2.71. The molecule has 0 spiro atoms. The van der Waals surface area contributed by atoms with E-state index in [9.17, 15) is 14.4 Å². The van der Waals surface area contributed by atoms with Crippen LogP contribution in [0.2, 0.25) is 0 Å². The smallest absolute Gasteiger partial charge is 0.268 e. The van der Waals surface area contributed by atoms with E-state index in [1.165, 1.54) is 0 Å². The van der Waals surface area contributed by atoms with Crippen LogP contribution in [-0.2, 0) is 0 Å². The third-order valence-corrected chi connectivity index (χ3v) is 1.67. The van der Waals surface area contributed by atoms with E-state index in [1.807, 2.05) is 0 Å². The molecule has 0 aliphatic carbocycles. The van der Waals surface area contributed by atoms with Crippen LogP contribution in [0.1, 0.15) is 31.2 Å². The number of aromatic nitrogens is 1. The maximum Gasteiger partial charge on any atom is 0.268 e. The normalized spacial score (nSPS) is 9.60. The molecule has 15 heavy (non-hydrogen) atoms. The van der Waals surface area contributed by atoms with Crippen LogP contribution >= 0.6 is 0 Å². The van der Waals surface area contributed by atoms with E-state index in [1.54, 1.807) is 0 Å².